The second-order valence-corrected chi connectivity index (χ2v) is 9.82. The van der Waals surface area contributed by atoms with E-state index in [1.165, 1.54) is 0 Å². The van der Waals surface area contributed by atoms with Gasteiger partial charge in [0.15, 0.2) is 0 Å². The van der Waals surface area contributed by atoms with Crippen molar-refractivity contribution in [3.05, 3.63) is 59.7 Å². The van der Waals surface area contributed by atoms with Crippen LogP contribution >= 0.6 is 0 Å². The fourth-order valence-electron chi connectivity index (χ4n) is 5.25. The number of carbonyl (C=O) groups excluding carboxylic acids is 2. The van der Waals surface area contributed by atoms with Gasteiger partial charge in [0.05, 0.1) is 0 Å². The zero-order valence-corrected chi connectivity index (χ0v) is 19.9. The molecule has 0 aromatic heterocycles. The van der Waals surface area contributed by atoms with Gasteiger partial charge in [0, 0.05) is 25.6 Å². The number of benzene rings is 2. The molecule has 0 spiro atoms. The van der Waals surface area contributed by atoms with Crippen LogP contribution < -0.4 is 5.32 Å². The number of rotatable bonds is 7. The van der Waals surface area contributed by atoms with Gasteiger partial charge in [-0.15, -0.1) is 0 Å². The lowest BCUT2D eigenvalue weighted by Gasteiger charge is -2.38. The molecule has 5 rings (SSSR count). The topological polar surface area (TPSA) is 99.2 Å². The molecule has 1 saturated carbocycles. The molecule has 1 unspecified atom stereocenters. The van der Waals surface area contributed by atoms with E-state index in [2.05, 4.69) is 29.6 Å². The maximum Gasteiger partial charge on any atom is 0.407 e. The molecule has 0 radical (unpaired) electrons. The van der Waals surface area contributed by atoms with E-state index in [1.807, 2.05) is 24.3 Å². The number of likely N-dealkylation sites (N-methyl/N-ethyl adjacent to an activating group) is 1. The smallest absolute Gasteiger partial charge is 0.407 e. The molecule has 1 heterocycles. The van der Waals surface area contributed by atoms with Gasteiger partial charge < -0.3 is 20.1 Å². The maximum absolute atomic E-state index is 13.3. The SMILES string of the molecule is CN1CCN(C(=O)[C@H](CC2CC2)NC(=O)OCC2c3ccccc3-c3ccccc32)CC1C(=O)O. The van der Waals surface area contributed by atoms with Gasteiger partial charge in [-0.25, -0.2) is 4.79 Å². The number of amides is 2. The minimum atomic E-state index is -0.951. The summed E-state index contributed by atoms with van der Waals surface area (Å²) in [6.45, 7) is 1.20. The van der Waals surface area contributed by atoms with Crippen LogP contribution in [0.1, 0.15) is 36.3 Å². The predicted octanol–water partition coefficient (Wildman–Crippen LogP) is 2.92. The molecular weight excluding hydrogens is 446 g/mol. The molecule has 2 atom stereocenters. The third kappa shape index (κ3) is 4.89. The highest BCUT2D eigenvalue weighted by Crippen LogP contribution is 2.44. The zero-order valence-electron chi connectivity index (χ0n) is 19.9. The summed E-state index contributed by atoms with van der Waals surface area (Å²) in [5.74, 6) is -0.835. The van der Waals surface area contributed by atoms with Crippen LogP contribution in [0.2, 0.25) is 0 Å². The van der Waals surface area contributed by atoms with Crippen molar-refractivity contribution in [2.24, 2.45) is 5.92 Å². The standard InChI is InChI=1S/C27H31N3O5/c1-29-12-13-30(15-24(29)26(32)33)25(31)23(14-17-10-11-17)28-27(34)35-16-22-20-8-4-2-6-18(20)19-7-3-5-9-21(19)22/h2-9,17,22-24H,10-16H2,1H3,(H,28,34)(H,32,33)/t23-,24?/m0/s1. The Bertz CT molecular complexity index is 1090. The van der Waals surface area contributed by atoms with Crippen molar-refractivity contribution < 1.29 is 24.2 Å². The van der Waals surface area contributed by atoms with Crippen molar-refractivity contribution in [2.75, 3.05) is 33.3 Å². The van der Waals surface area contributed by atoms with Crippen molar-refractivity contribution in [3.8, 4) is 11.1 Å². The summed E-state index contributed by atoms with van der Waals surface area (Å²) < 4.78 is 5.66. The number of hydrogen-bond acceptors (Lipinski definition) is 5. The number of fused-ring (bicyclic) bond motifs is 3. The molecule has 1 saturated heterocycles. The van der Waals surface area contributed by atoms with Gasteiger partial charge in [-0.2, -0.15) is 0 Å². The number of carboxylic acid groups (broad SMARTS) is 1. The monoisotopic (exact) mass is 477 g/mol. The minimum Gasteiger partial charge on any atom is -0.480 e. The highest BCUT2D eigenvalue weighted by atomic mass is 16.5. The van der Waals surface area contributed by atoms with Gasteiger partial charge >= 0.3 is 12.1 Å². The van der Waals surface area contributed by atoms with Crippen molar-refractivity contribution in [3.63, 3.8) is 0 Å². The lowest BCUT2D eigenvalue weighted by molar-refractivity contribution is -0.148. The Balaban J connectivity index is 1.24. The highest BCUT2D eigenvalue weighted by Gasteiger charge is 2.38. The summed E-state index contributed by atoms with van der Waals surface area (Å²) in [5, 5.41) is 12.3. The average Bonchev–Trinajstić information content (AvgIpc) is 3.62. The van der Waals surface area contributed by atoms with E-state index < -0.39 is 24.1 Å². The largest absolute Gasteiger partial charge is 0.480 e. The summed E-state index contributed by atoms with van der Waals surface area (Å²) in [5.41, 5.74) is 4.57. The van der Waals surface area contributed by atoms with Gasteiger partial charge in [-0.05, 0) is 41.6 Å². The van der Waals surface area contributed by atoms with E-state index in [9.17, 15) is 19.5 Å². The Morgan fingerprint density at radius 3 is 2.26 bits per heavy atom. The van der Waals surface area contributed by atoms with Crippen molar-refractivity contribution in [2.45, 2.75) is 37.3 Å². The Morgan fingerprint density at radius 2 is 1.66 bits per heavy atom. The molecule has 2 aromatic carbocycles. The Morgan fingerprint density at radius 1 is 1.03 bits per heavy atom. The molecule has 0 bridgehead atoms. The maximum atomic E-state index is 13.3. The van der Waals surface area contributed by atoms with Crippen LogP contribution in [0.5, 0.6) is 0 Å². The van der Waals surface area contributed by atoms with E-state index in [-0.39, 0.29) is 25.0 Å². The number of carbonyl (C=O) groups is 3. The summed E-state index contributed by atoms with van der Waals surface area (Å²) in [6.07, 6.45) is 2.01. The van der Waals surface area contributed by atoms with Crippen molar-refractivity contribution in [1.29, 1.82) is 0 Å². The third-order valence-corrected chi connectivity index (χ3v) is 7.44. The Kier molecular flexibility index (Phi) is 6.47. The van der Waals surface area contributed by atoms with Gasteiger partial charge in [0.25, 0.3) is 0 Å². The number of nitrogens with one attached hydrogen (secondary N) is 1. The molecule has 1 aliphatic heterocycles. The number of nitrogens with zero attached hydrogens (tertiary/aromatic N) is 2. The van der Waals surface area contributed by atoms with E-state index in [1.54, 1.807) is 16.8 Å². The van der Waals surface area contributed by atoms with Crippen LogP contribution in [0.15, 0.2) is 48.5 Å². The van der Waals surface area contributed by atoms with Crippen LogP contribution in [-0.4, -0.2) is 78.2 Å². The molecule has 35 heavy (non-hydrogen) atoms. The summed E-state index contributed by atoms with van der Waals surface area (Å²) in [7, 11) is 1.75. The molecule has 184 valence electrons. The van der Waals surface area contributed by atoms with Gasteiger partial charge in [-0.1, -0.05) is 61.4 Å². The first-order valence-electron chi connectivity index (χ1n) is 12.3. The average molecular weight is 478 g/mol. The first-order chi connectivity index (χ1) is 16.9. The summed E-state index contributed by atoms with van der Waals surface area (Å²) >= 11 is 0. The van der Waals surface area contributed by atoms with Gasteiger partial charge in [0.1, 0.15) is 18.7 Å². The number of carboxylic acids is 1. The molecule has 2 aromatic rings. The molecule has 2 N–H and O–H groups in total. The summed E-state index contributed by atoms with van der Waals surface area (Å²) in [6, 6.07) is 14.8. The van der Waals surface area contributed by atoms with Gasteiger partial charge in [-0.3, -0.25) is 14.5 Å². The summed E-state index contributed by atoms with van der Waals surface area (Å²) in [4.78, 5) is 41.0. The molecule has 2 aliphatic carbocycles. The fraction of sp³-hybridized carbons (Fsp3) is 0.444. The van der Waals surface area contributed by atoms with Crippen LogP contribution in [0, 0.1) is 5.92 Å². The quantitative estimate of drug-likeness (QED) is 0.636. The number of piperazine rings is 1. The Hall–Kier alpha value is -3.39. The van der Waals surface area contributed by atoms with E-state index >= 15 is 0 Å². The van der Waals surface area contributed by atoms with Crippen LogP contribution in [0.3, 0.4) is 0 Å². The zero-order chi connectivity index (χ0) is 24.5. The first kappa shape index (κ1) is 23.4. The van der Waals surface area contributed by atoms with E-state index in [0.29, 0.717) is 25.4 Å². The molecule has 8 nitrogen and oxygen atoms in total. The Labute approximate surface area is 204 Å². The third-order valence-electron chi connectivity index (χ3n) is 7.44. The molecular formula is C27H31N3O5. The van der Waals surface area contributed by atoms with Crippen LogP contribution in [0.4, 0.5) is 4.79 Å². The second kappa shape index (κ2) is 9.70. The lowest BCUT2D eigenvalue weighted by Crippen LogP contribution is -2.59. The lowest BCUT2D eigenvalue weighted by atomic mass is 9.98. The minimum absolute atomic E-state index is 0.0558. The molecule has 2 fully saturated rings. The molecule has 8 heteroatoms. The first-order valence-corrected chi connectivity index (χ1v) is 12.3. The van der Waals surface area contributed by atoms with Crippen molar-refractivity contribution >= 4 is 18.0 Å². The number of alkyl carbamates (subject to hydrolysis) is 1. The van der Waals surface area contributed by atoms with Crippen LogP contribution in [0.25, 0.3) is 11.1 Å². The number of ether oxygens (including phenoxy) is 1. The fourth-order valence-corrected chi connectivity index (χ4v) is 5.25. The highest BCUT2D eigenvalue weighted by molar-refractivity contribution is 5.87. The number of hydrogen-bond donors (Lipinski definition) is 2. The molecule has 2 amide bonds. The van der Waals surface area contributed by atoms with Crippen LogP contribution in [-0.2, 0) is 14.3 Å². The molecule has 3 aliphatic rings. The van der Waals surface area contributed by atoms with Crippen molar-refractivity contribution in [1.82, 2.24) is 15.1 Å². The number of aliphatic carboxylic acids is 1. The van der Waals surface area contributed by atoms with Gasteiger partial charge in [0.2, 0.25) is 5.91 Å². The van der Waals surface area contributed by atoms with E-state index in [0.717, 1.165) is 35.1 Å². The second-order valence-electron chi connectivity index (χ2n) is 9.82. The predicted molar refractivity (Wildman–Crippen MR) is 130 cm³/mol. The normalized spacial score (nSPS) is 20.6. The van der Waals surface area contributed by atoms with E-state index in [4.69, 9.17) is 4.74 Å².